The second-order valence-electron chi connectivity index (χ2n) is 7.10. The number of piperazine rings is 1. The molecule has 11 heteroatoms. The predicted octanol–water partition coefficient (Wildman–Crippen LogP) is 2.21. The normalized spacial score (nSPS) is 16.5. The van der Waals surface area contributed by atoms with Crippen LogP contribution in [0, 0.1) is 6.92 Å². The van der Waals surface area contributed by atoms with Crippen LogP contribution in [0.25, 0.3) is 5.69 Å². The number of carbonyl (C=O) groups is 1. The third-order valence-corrected chi connectivity index (χ3v) is 5.12. The molecule has 9 nitrogen and oxygen atoms in total. The van der Waals surface area contributed by atoms with Crippen LogP contribution in [0.2, 0.25) is 0 Å². The van der Waals surface area contributed by atoms with Crippen molar-refractivity contribution >= 4 is 11.7 Å². The minimum absolute atomic E-state index is 0.0498. The number of halogens is 2. The average Bonchev–Trinajstić information content (AvgIpc) is 3.15. The van der Waals surface area contributed by atoms with Crippen molar-refractivity contribution in [3.05, 3.63) is 53.3 Å². The van der Waals surface area contributed by atoms with E-state index in [0.717, 1.165) is 0 Å². The lowest BCUT2D eigenvalue weighted by molar-refractivity contribution is -0.122. The van der Waals surface area contributed by atoms with Crippen molar-refractivity contribution in [3.63, 3.8) is 0 Å². The van der Waals surface area contributed by atoms with Gasteiger partial charge in [0.05, 0.1) is 11.4 Å². The van der Waals surface area contributed by atoms with E-state index in [1.54, 1.807) is 35.9 Å². The molecule has 1 unspecified atom stereocenters. The molecular weight excluding hydrogens is 408 g/mol. The van der Waals surface area contributed by atoms with Gasteiger partial charge in [0.2, 0.25) is 11.8 Å². The fourth-order valence-electron chi connectivity index (χ4n) is 3.29. The number of benzene rings is 1. The molecule has 0 saturated carbocycles. The molecule has 162 valence electrons. The Bertz CT molecular complexity index is 1050. The van der Waals surface area contributed by atoms with E-state index in [9.17, 15) is 13.6 Å². The first-order valence-corrected chi connectivity index (χ1v) is 9.74. The molecular formula is C20H21F2N7O2. The molecule has 0 spiro atoms. The largest absolute Gasteiger partial charge is 0.470 e. The monoisotopic (exact) mass is 429 g/mol. The summed E-state index contributed by atoms with van der Waals surface area (Å²) in [6.45, 7) is 4.92. The maximum atomic E-state index is 12.8. The molecule has 1 saturated heterocycles. The van der Waals surface area contributed by atoms with Crippen molar-refractivity contribution in [3.8, 4) is 11.6 Å². The summed E-state index contributed by atoms with van der Waals surface area (Å²) in [6.07, 6.45) is -2.53. The highest BCUT2D eigenvalue weighted by Gasteiger charge is 2.26. The second kappa shape index (κ2) is 8.62. The number of rotatable bonds is 6. The maximum absolute atomic E-state index is 12.8. The standard InChI is InChI=1S/C20H21F2N7O2/c1-12-16(29(27-24-12)15-5-3-14(4-6-15)19(21)22)11-31-18-8-7-17(25-26-18)28-10-9-23-20(30)13(28)2/h3-8,13,19H,9-11H2,1-2H3,(H,23,30). The predicted molar refractivity (Wildman–Crippen MR) is 107 cm³/mol. The Labute approximate surface area is 177 Å². The molecule has 1 aliphatic heterocycles. The van der Waals surface area contributed by atoms with Gasteiger partial charge in [0.1, 0.15) is 18.3 Å². The van der Waals surface area contributed by atoms with Crippen LogP contribution in [0.1, 0.15) is 30.3 Å². The number of alkyl halides is 2. The van der Waals surface area contributed by atoms with Gasteiger partial charge in [-0.15, -0.1) is 15.3 Å². The summed E-state index contributed by atoms with van der Waals surface area (Å²) >= 11 is 0. The Morgan fingerprint density at radius 2 is 1.94 bits per heavy atom. The molecule has 3 heterocycles. The summed E-state index contributed by atoms with van der Waals surface area (Å²) in [7, 11) is 0. The van der Waals surface area contributed by atoms with Gasteiger partial charge in [-0.05, 0) is 32.0 Å². The van der Waals surface area contributed by atoms with Crippen molar-refractivity contribution in [2.24, 2.45) is 0 Å². The van der Waals surface area contributed by atoms with Gasteiger partial charge in [-0.2, -0.15) is 0 Å². The second-order valence-corrected chi connectivity index (χ2v) is 7.10. The van der Waals surface area contributed by atoms with Crippen LogP contribution in [0.3, 0.4) is 0 Å². The number of nitrogens with zero attached hydrogens (tertiary/aromatic N) is 6. The fourth-order valence-corrected chi connectivity index (χ4v) is 3.29. The molecule has 1 fully saturated rings. The highest BCUT2D eigenvalue weighted by atomic mass is 19.3. The first-order chi connectivity index (χ1) is 14.9. The third-order valence-electron chi connectivity index (χ3n) is 5.12. The molecule has 1 N–H and O–H groups in total. The van der Waals surface area contributed by atoms with Gasteiger partial charge < -0.3 is 15.0 Å². The molecule has 0 radical (unpaired) electrons. The van der Waals surface area contributed by atoms with Crippen LogP contribution in [0.15, 0.2) is 36.4 Å². The van der Waals surface area contributed by atoms with Crippen LogP contribution >= 0.6 is 0 Å². The van der Waals surface area contributed by atoms with E-state index < -0.39 is 6.43 Å². The molecule has 3 aromatic rings. The number of ether oxygens (including phenoxy) is 1. The number of amides is 1. The van der Waals surface area contributed by atoms with Crippen LogP contribution < -0.4 is 15.0 Å². The molecule has 0 aliphatic carbocycles. The molecule has 1 amide bonds. The van der Waals surface area contributed by atoms with Gasteiger partial charge in [-0.25, -0.2) is 13.5 Å². The molecule has 1 aliphatic rings. The summed E-state index contributed by atoms with van der Waals surface area (Å²) in [4.78, 5) is 13.7. The minimum atomic E-state index is -2.53. The summed E-state index contributed by atoms with van der Waals surface area (Å²) in [5.74, 6) is 0.848. The smallest absolute Gasteiger partial charge is 0.263 e. The van der Waals surface area contributed by atoms with Crippen LogP contribution in [-0.4, -0.2) is 50.2 Å². The zero-order valence-corrected chi connectivity index (χ0v) is 17.0. The van der Waals surface area contributed by atoms with E-state index in [0.29, 0.717) is 41.9 Å². The lowest BCUT2D eigenvalue weighted by Gasteiger charge is -2.33. The lowest BCUT2D eigenvalue weighted by atomic mass is 10.2. The number of aryl methyl sites for hydroxylation is 1. The molecule has 4 rings (SSSR count). The highest BCUT2D eigenvalue weighted by Crippen LogP contribution is 2.22. The first-order valence-electron chi connectivity index (χ1n) is 9.74. The molecule has 1 atom stereocenters. The quantitative estimate of drug-likeness (QED) is 0.642. The van der Waals surface area contributed by atoms with Crippen LogP contribution in [0.5, 0.6) is 5.88 Å². The summed E-state index contributed by atoms with van der Waals surface area (Å²) < 4.78 is 32.9. The zero-order chi connectivity index (χ0) is 22.0. The van der Waals surface area contributed by atoms with Gasteiger partial charge in [0.15, 0.2) is 5.82 Å². The minimum Gasteiger partial charge on any atom is -0.470 e. The Balaban J connectivity index is 1.46. The van der Waals surface area contributed by atoms with Crippen molar-refractivity contribution in [2.75, 3.05) is 18.0 Å². The molecule has 1 aromatic carbocycles. The van der Waals surface area contributed by atoms with Gasteiger partial charge in [0, 0.05) is 24.7 Å². The number of carbonyl (C=O) groups excluding carboxylic acids is 1. The Morgan fingerprint density at radius 1 is 1.16 bits per heavy atom. The Hall–Kier alpha value is -3.63. The van der Waals surface area contributed by atoms with Gasteiger partial charge >= 0.3 is 0 Å². The SMILES string of the molecule is Cc1nnn(-c2ccc(C(F)F)cc2)c1COc1ccc(N2CCNC(=O)C2C)nn1. The number of hydrogen-bond acceptors (Lipinski definition) is 7. The number of hydrogen-bond donors (Lipinski definition) is 1. The summed E-state index contributed by atoms with van der Waals surface area (Å²) in [6, 6.07) is 8.94. The average molecular weight is 429 g/mol. The van der Waals surface area contributed by atoms with Crippen molar-refractivity contribution in [2.45, 2.75) is 32.9 Å². The molecule has 31 heavy (non-hydrogen) atoms. The van der Waals surface area contributed by atoms with E-state index in [2.05, 4.69) is 25.8 Å². The Kier molecular flexibility index (Phi) is 5.74. The van der Waals surface area contributed by atoms with E-state index in [1.807, 2.05) is 11.8 Å². The molecule has 0 bridgehead atoms. The summed E-state index contributed by atoms with van der Waals surface area (Å²) in [5, 5.41) is 19.2. The third kappa shape index (κ3) is 4.30. The van der Waals surface area contributed by atoms with E-state index in [1.165, 1.54) is 12.1 Å². The van der Waals surface area contributed by atoms with E-state index >= 15 is 0 Å². The summed E-state index contributed by atoms with van der Waals surface area (Å²) in [5.41, 5.74) is 1.85. The van der Waals surface area contributed by atoms with Crippen molar-refractivity contribution in [1.29, 1.82) is 0 Å². The van der Waals surface area contributed by atoms with Gasteiger partial charge in [-0.3, -0.25) is 4.79 Å². The molecule has 2 aromatic heterocycles. The van der Waals surface area contributed by atoms with Crippen molar-refractivity contribution in [1.82, 2.24) is 30.5 Å². The first kappa shape index (κ1) is 20.6. The topological polar surface area (TPSA) is 98.1 Å². The number of anilines is 1. The van der Waals surface area contributed by atoms with Gasteiger partial charge in [0.25, 0.3) is 6.43 Å². The van der Waals surface area contributed by atoms with Crippen LogP contribution in [0.4, 0.5) is 14.6 Å². The van der Waals surface area contributed by atoms with Gasteiger partial charge in [-0.1, -0.05) is 17.3 Å². The zero-order valence-electron chi connectivity index (χ0n) is 17.0. The Morgan fingerprint density at radius 3 is 2.61 bits per heavy atom. The number of aromatic nitrogens is 5. The maximum Gasteiger partial charge on any atom is 0.263 e. The van der Waals surface area contributed by atoms with Crippen LogP contribution in [-0.2, 0) is 11.4 Å². The fraction of sp³-hybridized carbons (Fsp3) is 0.350. The van der Waals surface area contributed by atoms with E-state index in [4.69, 9.17) is 4.74 Å². The van der Waals surface area contributed by atoms with E-state index in [-0.39, 0.29) is 24.1 Å². The van der Waals surface area contributed by atoms with Crippen molar-refractivity contribution < 1.29 is 18.3 Å². The number of nitrogens with one attached hydrogen (secondary N) is 1. The lowest BCUT2D eigenvalue weighted by Crippen LogP contribution is -2.54. The highest BCUT2D eigenvalue weighted by molar-refractivity contribution is 5.85.